The summed E-state index contributed by atoms with van der Waals surface area (Å²) in [6.45, 7) is 8.72. The molecule has 1 N–H and O–H groups in total. The Balaban J connectivity index is 2.61. The van der Waals surface area contributed by atoms with Crippen molar-refractivity contribution in [2.75, 3.05) is 0 Å². The molecule has 0 fully saturated rings. The van der Waals surface area contributed by atoms with Crippen LogP contribution in [-0.4, -0.2) is 19.7 Å². The van der Waals surface area contributed by atoms with Crippen LogP contribution in [0.4, 0.5) is 0 Å². The summed E-state index contributed by atoms with van der Waals surface area (Å²) < 4.78 is 2.55. The summed E-state index contributed by atoms with van der Waals surface area (Å²) >= 11 is 6.93. The van der Waals surface area contributed by atoms with Crippen molar-refractivity contribution >= 4 is 23.6 Å². The molecule has 19 heavy (non-hydrogen) atoms. The van der Waals surface area contributed by atoms with Gasteiger partial charge in [-0.2, -0.15) is 5.10 Å². The fourth-order valence-corrected chi connectivity index (χ4v) is 3.43. The Kier molecular flexibility index (Phi) is 3.92. The van der Waals surface area contributed by atoms with Gasteiger partial charge in [0.25, 0.3) is 0 Å². The van der Waals surface area contributed by atoms with E-state index >= 15 is 0 Å². The second kappa shape index (κ2) is 5.17. The molecule has 0 aliphatic carbocycles. The molecule has 2 rings (SSSR count). The predicted octanol–water partition coefficient (Wildman–Crippen LogP) is 3.85. The molecule has 2 aromatic heterocycles. The third-order valence-corrected chi connectivity index (χ3v) is 4.40. The highest BCUT2D eigenvalue weighted by molar-refractivity contribution is 7.71. The molecule has 2 aromatic rings. The van der Waals surface area contributed by atoms with Crippen LogP contribution in [0.15, 0.2) is 0 Å². The number of hydrogen-bond acceptors (Lipinski definition) is 4. The van der Waals surface area contributed by atoms with Crippen molar-refractivity contribution in [3.05, 3.63) is 15.5 Å². The van der Waals surface area contributed by atoms with Crippen molar-refractivity contribution in [1.82, 2.24) is 19.7 Å². The number of aromatic amines is 1. The van der Waals surface area contributed by atoms with Crippen molar-refractivity contribution < 1.29 is 0 Å². The fraction of sp³-hybridized carbons (Fsp3) is 0.615. The minimum atomic E-state index is 0.00535. The van der Waals surface area contributed by atoms with Gasteiger partial charge in [-0.25, -0.2) is 4.98 Å². The van der Waals surface area contributed by atoms with Crippen LogP contribution in [0.25, 0.3) is 10.7 Å². The largest absolute Gasteiger partial charge is 0.303 e. The number of rotatable bonds is 3. The molecule has 0 atom stereocenters. The van der Waals surface area contributed by atoms with E-state index in [-0.39, 0.29) is 5.41 Å². The Morgan fingerprint density at radius 1 is 1.37 bits per heavy atom. The van der Waals surface area contributed by atoms with Crippen molar-refractivity contribution in [3.63, 3.8) is 0 Å². The van der Waals surface area contributed by atoms with E-state index < -0.39 is 0 Å². The highest BCUT2D eigenvalue weighted by atomic mass is 32.1. The average molecular weight is 296 g/mol. The van der Waals surface area contributed by atoms with Crippen LogP contribution in [0.3, 0.4) is 0 Å². The third-order valence-electron chi connectivity index (χ3n) is 2.93. The molecule has 104 valence electrons. The molecule has 0 aliphatic heterocycles. The highest BCUT2D eigenvalue weighted by Gasteiger charge is 2.26. The van der Waals surface area contributed by atoms with E-state index in [4.69, 9.17) is 17.2 Å². The molecule has 0 saturated carbocycles. The Morgan fingerprint density at radius 2 is 2.05 bits per heavy atom. The maximum Gasteiger partial charge on any atom is 0.195 e. The first-order chi connectivity index (χ1) is 8.84. The molecule has 0 amide bonds. The van der Waals surface area contributed by atoms with E-state index in [1.165, 1.54) is 5.01 Å². The van der Waals surface area contributed by atoms with E-state index in [0.717, 1.165) is 29.2 Å². The molecular weight excluding hydrogens is 276 g/mol. The number of hydrogen-bond donors (Lipinski definition) is 1. The molecule has 0 radical (unpaired) electrons. The van der Waals surface area contributed by atoms with Crippen molar-refractivity contribution in [2.24, 2.45) is 7.05 Å². The van der Waals surface area contributed by atoms with Gasteiger partial charge in [-0.3, -0.25) is 5.10 Å². The Hall–Kier alpha value is -1.01. The van der Waals surface area contributed by atoms with Gasteiger partial charge in [0.15, 0.2) is 10.6 Å². The maximum atomic E-state index is 5.20. The first-order valence-corrected chi connectivity index (χ1v) is 7.69. The minimum Gasteiger partial charge on any atom is -0.303 e. The van der Waals surface area contributed by atoms with Crippen LogP contribution in [-0.2, 0) is 18.9 Å². The number of aromatic nitrogens is 4. The van der Waals surface area contributed by atoms with Crippen molar-refractivity contribution in [3.8, 4) is 10.7 Å². The van der Waals surface area contributed by atoms with Crippen LogP contribution in [0.2, 0.25) is 0 Å². The summed E-state index contributed by atoms with van der Waals surface area (Å²) in [5, 5.41) is 8.38. The van der Waals surface area contributed by atoms with Crippen molar-refractivity contribution in [2.45, 2.75) is 46.0 Å². The van der Waals surface area contributed by atoms with Gasteiger partial charge in [0.1, 0.15) is 0 Å². The lowest BCUT2D eigenvalue weighted by Gasteiger charge is -2.17. The molecule has 0 bridgehead atoms. The van der Waals surface area contributed by atoms with Gasteiger partial charge in [-0.15, -0.1) is 11.3 Å². The summed E-state index contributed by atoms with van der Waals surface area (Å²) in [5.41, 5.74) is 1.11. The summed E-state index contributed by atoms with van der Waals surface area (Å²) in [6.07, 6.45) is 2.12. The van der Waals surface area contributed by atoms with Crippen LogP contribution in [0, 0.1) is 4.77 Å². The van der Waals surface area contributed by atoms with E-state index in [1.54, 1.807) is 11.3 Å². The lowest BCUT2D eigenvalue weighted by atomic mass is 9.91. The topological polar surface area (TPSA) is 46.5 Å². The van der Waals surface area contributed by atoms with Gasteiger partial charge < -0.3 is 4.57 Å². The van der Waals surface area contributed by atoms with Gasteiger partial charge in [0.2, 0.25) is 0 Å². The monoisotopic (exact) mass is 296 g/mol. The number of nitrogens with one attached hydrogen (secondary N) is 1. The molecule has 2 heterocycles. The molecule has 0 aliphatic rings. The third kappa shape index (κ3) is 2.79. The van der Waals surface area contributed by atoms with E-state index in [2.05, 4.69) is 37.9 Å². The van der Waals surface area contributed by atoms with Crippen LogP contribution in [0.5, 0.6) is 0 Å². The first-order valence-electron chi connectivity index (χ1n) is 6.46. The second-order valence-electron chi connectivity index (χ2n) is 5.70. The van der Waals surface area contributed by atoms with E-state index in [9.17, 15) is 0 Å². The smallest absolute Gasteiger partial charge is 0.195 e. The fourth-order valence-electron chi connectivity index (χ4n) is 1.90. The standard InChI is InChI=1S/C13H20N4S2/c1-6-7-8-14-10(13(2,3)4)9(19-8)11-15-16-12(18)17(11)5/h6-7H2,1-5H3,(H,16,18). The van der Waals surface area contributed by atoms with Gasteiger partial charge in [0, 0.05) is 12.5 Å². The Bertz CT molecular complexity index is 628. The second-order valence-corrected chi connectivity index (χ2v) is 7.17. The Morgan fingerprint density at radius 3 is 2.53 bits per heavy atom. The molecule has 0 spiro atoms. The SMILES string of the molecule is CCCc1nc(C(C)(C)C)c(-c2n[nH]c(=S)n2C)s1. The summed E-state index contributed by atoms with van der Waals surface area (Å²) in [7, 11) is 1.94. The number of nitrogens with zero attached hydrogens (tertiary/aromatic N) is 3. The lowest BCUT2D eigenvalue weighted by molar-refractivity contribution is 0.571. The molecule has 0 unspecified atom stereocenters. The van der Waals surface area contributed by atoms with Crippen LogP contribution in [0.1, 0.15) is 44.8 Å². The summed E-state index contributed by atoms with van der Waals surface area (Å²) in [5.74, 6) is 0.884. The Labute approximate surface area is 122 Å². The van der Waals surface area contributed by atoms with Gasteiger partial charge >= 0.3 is 0 Å². The zero-order valence-corrected chi connectivity index (χ0v) is 13.7. The first kappa shape index (κ1) is 14.4. The molecule has 0 saturated heterocycles. The van der Waals surface area contributed by atoms with Gasteiger partial charge in [-0.1, -0.05) is 27.7 Å². The quantitative estimate of drug-likeness (QED) is 0.875. The van der Waals surface area contributed by atoms with Crippen molar-refractivity contribution in [1.29, 1.82) is 0 Å². The lowest BCUT2D eigenvalue weighted by Crippen LogP contribution is -2.13. The molecule has 0 aromatic carbocycles. The number of H-pyrrole nitrogens is 1. The van der Waals surface area contributed by atoms with E-state index in [1.807, 2.05) is 11.6 Å². The maximum absolute atomic E-state index is 5.20. The minimum absolute atomic E-state index is 0.00535. The highest BCUT2D eigenvalue weighted by Crippen LogP contribution is 2.36. The molecule has 6 heteroatoms. The number of thiazole rings is 1. The zero-order chi connectivity index (χ0) is 14.2. The number of aryl methyl sites for hydroxylation is 1. The summed E-state index contributed by atoms with van der Waals surface area (Å²) in [6, 6.07) is 0. The summed E-state index contributed by atoms with van der Waals surface area (Å²) in [4.78, 5) is 5.95. The normalized spacial score (nSPS) is 12.1. The van der Waals surface area contributed by atoms with Crippen LogP contribution >= 0.6 is 23.6 Å². The van der Waals surface area contributed by atoms with E-state index in [0.29, 0.717) is 4.77 Å². The molecule has 4 nitrogen and oxygen atoms in total. The zero-order valence-electron chi connectivity index (χ0n) is 12.1. The molecular formula is C13H20N4S2. The van der Waals surface area contributed by atoms with Gasteiger partial charge in [-0.05, 0) is 25.1 Å². The predicted molar refractivity (Wildman–Crippen MR) is 82.2 cm³/mol. The average Bonchev–Trinajstić information content (AvgIpc) is 2.85. The van der Waals surface area contributed by atoms with Crippen LogP contribution < -0.4 is 0 Å². The van der Waals surface area contributed by atoms with Gasteiger partial charge in [0.05, 0.1) is 15.6 Å².